The second-order valence-corrected chi connectivity index (χ2v) is 2.65. The molecule has 64 valence electrons. The van der Waals surface area contributed by atoms with Crippen molar-refractivity contribution in [3.05, 3.63) is 27.7 Å². The highest BCUT2D eigenvalue weighted by Gasteiger charge is 2.06. The Kier molecular flexibility index (Phi) is 1.99. The molecular weight excluding hydrogens is 156 g/mol. The van der Waals surface area contributed by atoms with E-state index in [0.29, 0.717) is 11.3 Å². The van der Waals surface area contributed by atoms with Gasteiger partial charge in [-0.1, -0.05) is 0 Å². The molecule has 1 rings (SSSR count). The van der Waals surface area contributed by atoms with Gasteiger partial charge in [-0.05, 0) is 19.9 Å². The summed E-state index contributed by atoms with van der Waals surface area (Å²) in [5.74, 6) is -0.101. The quantitative estimate of drug-likeness (QED) is 0.595. The number of anilines is 1. The molecule has 4 nitrogen and oxygen atoms in total. The number of nitrogen functional groups attached to an aromatic ring is 1. The number of carbonyl (C=O) groups excluding carboxylic acids is 1. The van der Waals surface area contributed by atoms with Crippen LogP contribution in [-0.2, 0) is 0 Å². The average molecular weight is 166 g/mol. The molecule has 0 fully saturated rings. The van der Waals surface area contributed by atoms with Crippen molar-refractivity contribution in [1.82, 2.24) is 4.98 Å². The molecule has 0 atom stereocenters. The molecule has 0 aliphatic carbocycles. The molecule has 0 aliphatic rings. The molecule has 0 aliphatic heterocycles. The number of hydrogen-bond acceptors (Lipinski definition) is 3. The summed E-state index contributed by atoms with van der Waals surface area (Å²) in [7, 11) is 0. The van der Waals surface area contributed by atoms with E-state index in [1.165, 1.54) is 13.0 Å². The Balaban J connectivity index is 3.43. The highest BCUT2D eigenvalue weighted by atomic mass is 16.1. The van der Waals surface area contributed by atoms with Crippen LogP contribution in [0.2, 0.25) is 0 Å². The van der Waals surface area contributed by atoms with Gasteiger partial charge in [0.2, 0.25) is 0 Å². The fourth-order valence-electron chi connectivity index (χ4n) is 1.00. The van der Waals surface area contributed by atoms with Crippen LogP contribution in [0.3, 0.4) is 0 Å². The number of rotatable bonds is 1. The van der Waals surface area contributed by atoms with Crippen LogP contribution in [0.15, 0.2) is 10.9 Å². The number of nitrogens with one attached hydrogen (secondary N) is 1. The Bertz CT molecular complexity index is 379. The van der Waals surface area contributed by atoms with Gasteiger partial charge in [-0.25, -0.2) is 0 Å². The lowest BCUT2D eigenvalue weighted by Crippen LogP contribution is -2.15. The molecular formula is C8H10N2O2. The second kappa shape index (κ2) is 2.81. The van der Waals surface area contributed by atoms with Crippen LogP contribution in [-0.4, -0.2) is 10.8 Å². The van der Waals surface area contributed by atoms with Crippen molar-refractivity contribution < 1.29 is 4.79 Å². The zero-order valence-corrected chi connectivity index (χ0v) is 6.97. The summed E-state index contributed by atoms with van der Waals surface area (Å²) in [4.78, 5) is 24.4. The highest BCUT2D eigenvalue weighted by Crippen LogP contribution is 2.05. The standard InChI is InChI=1S/C8H10N2O2/c1-4-6(5(2)11)3-7(9)8(12)10-4/h3H,9H2,1-2H3,(H,10,12). The van der Waals surface area contributed by atoms with Crippen molar-refractivity contribution in [3.8, 4) is 0 Å². The molecule has 0 saturated carbocycles. The molecule has 1 aromatic heterocycles. The Morgan fingerprint density at radius 3 is 2.67 bits per heavy atom. The molecule has 0 spiro atoms. The predicted octanol–water partition coefficient (Wildman–Crippen LogP) is 0.468. The number of pyridine rings is 1. The van der Waals surface area contributed by atoms with Gasteiger partial charge < -0.3 is 10.7 Å². The van der Waals surface area contributed by atoms with Gasteiger partial charge >= 0.3 is 0 Å². The maximum absolute atomic E-state index is 11.0. The lowest BCUT2D eigenvalue weighted by Gasteiger charge is -2.01. The lowest BCUT2D eigenvalue weighted by molar-refractivity contribution is 0.101. The first-order valence-corrected chi connectivity index (χ1v) is 3.52. The minimum atomic E-state index is -0.350. The third-order valence-corrected chi connectivity index (χ3v) is 1.65. The van der Waals surface area contributed by atoms with Crippen molar-refractivity contribution in [3.63, 3.8) is 0 Å². The molecule has 0 aromatic carbocycles. The van der Waals surface area contributed by atoms with Crippen LogP contribution in [0.25, 0.3) is 0 Å². The van der Waals surface area contributed by atoms with E-state index in [4.69, 9.17) is 5.73 Å². The summed E-state index contributed by atoms with van der Waals surface area (Å²) in [6, 6.07) is 1.40. The average Bonchev–Trinajstić information content (AvgIpc) is 1.96. The second-order valence-electron chi connectivity index (χ2n) is 2.65. The summed E-state index contributed by atoms with van der Waals surface area (Å²) < 4.78 is 0. The molecule has 0 bridgehead atoms. The van der Waals surface area contributed by atoms with Gasteiger partial charge in [0, 0.05) is 11.3 Å². The molecule has 4 heteroatoms. The number of Topliss-reactive ketones (excluding diaryl/α,β-unsaturated/α-hetero) is 1. The zero-order chi connectivity index (χ0) is 9.30. The van der Waals surface area contributed by atoms with E-state index in [1.807, 2.05) is 0 Å². The number of carbonyl (C=O) groups is 1. The first-order valence-electron chi connectivity index (χ1n) is 3.52. The molecule has 3 N–H and O–H groups in total. The van der Waals surface area contributed by atoms with E-state index < -0.39 is 0 Å². The number of nitrogens with two attached hydrogens (primary N) is 1. The fourth-order valence-corrected chi connectivity index (χ4v) is 1.00. The highest BCUT2D eigenvalue weighted by molar-refractivity contribution is 5.95. The molecule has 0 amide bonds. The first kappa shape index (κ1) is 8.52. The fraction of sp³-hybridized carbons (Fsp3) is 0.250. The monoisotopic (exact) mass is 166 g/mol. The Hall–Kier alpha value is -1.58. The van der Waals surface area contributed by atoms with Crippen LogP contribution < -0.4 is 11.3 Å². The third-order valence-electron chi connectivity index (χ3n) is 1.65. The number of hydrogen-bond donors (Lipinski definition) is 2. The van der Waals surface area contributed by atoms with E-state index >= 15 is 0 Å². The summed E-state index contributed by atoms with van der Waals surface area (Å²) in [5, 5.41) is 0. The Morgan fingerprint density at radius 1 is 1.58 bits per heavy atom. The van der Waals surface area contributed by atoms with Crippen molar-refractivity contribution in [2.45, 2.75) is 13.8 Å². The number of H-pyrrole nitrogens is 1. The zero-order valence-electron chi connectivity index (χ0n) is 6.97. The van der Waals surface area contributed by atoms with Crippen molar-refractivity contribution in [1.29, 1.82) is 0 Å². The topological polar surface area (TPSA) is 76.0 Å². The Morgan fingerprint density at radius 2 is 2.17 bits per heavy atom. The maximum atomic E-state index is 11.0. The summed E-state index contributed by atoms with van der Waals surface area (Å²) in [6.07, 6.45) is 0. The normalized spacial score (nSPS) is 9.83. The number of aromatic amines is 1. The van der Waals surface area contributed by atoms with Gasteiger partial charge in [-0.15, -0.1) is 0 Å². The number of aromatic nitrogens is 1. The number of ketones is 1. The number of aryl methyl sites for hydroxylation is 1. The SMILES string of the molecule is CC(=O)c1cc(N)c(=O)[nH]c1C. The smallest absolute Gasteiger partial charge is 0.271 e. The van der Waals surface area contributed by atoms with Crippen molar-refractivity contribution >= 4 is 11.5 Å². The van der Waals surface area contributed by atoms with Crippen LogP contribution in [0.5, 0.6) is 0 Å². The minimum absolute atomic E-state index is 0.0748. The third kappa shape index (κ3) is 1.37. The van der Waals surface area contributed by atoms with Crippen LogP contribution in [0.1, 0.15) is 23.0 Å². The molecule has 0 unspecified atom stereocenters. The predicted molar refractivity (Wildman–Crippen MR) is 46.2 cm³/mol. The maximum Gasteiger partial charge on any atom is 0.271 e. The molecule has 1 aromatic rings. The van der Waals surface area contributed by atoms with E-state index in [0.717, 1.165) is 0 Å². The van der Waals surface area contributed by atoms with Gasteiger partial charge in [0.1, 0.15) is 0 Å². The molecule has 0 radical (unpaired) electrons. The van der Waals surface area contributed by atoms with Gasteiger partial charge in [0.05, 0.1) is 5.69 Å². The van der Waals surface area contributed by atoms with E-state index in [-0.39, 0.29) is 17.0 Å². The molecule has 0 saturated heterocycles. The van der Waals surface area contributed by atoms with Gasteiger partial charge in [-0.3, -0.25) is 9.59 Å². The van der Waals surface area contributed by atoms with Gasteiger partial charge in [0.25, 0.3) is 5.56 Å². The van der Waals surface area contributed by atoms with E-state index in [2.05, 4.69) is 4.98 Å². The summed E-state index contributed by atoms with van der Waals surface area (Å²) in [5.41, 5.74) is 6.08. The van der Waals surface area contributed by atoms with Crippen LogP contribution >= 0.6 is 0 Å². The van der Waals surface area contributed by atoms with E-state index in [9.17, 15) is 9.59 Å². The van der Waals surface area contributed by atoms with Crippen molar-refractivity contribution in [2.75, 3.05) is 5.73 Å². The summed E-state index contributed by atoms with van der Waals surface area (Å²) >= 11 is 0. The lowest BCUT2D eigenvalue weighted by atomic mass is 10.1. The summed E-state index contributed by atoms with van der Waals surface area (Å²) in [6.45, 7) is 3.09. The molecule has 12 heavy (non-hydrogen) atoms. The van der Waals surface area contributed by atoms with Crippen LogP contribution in [0.4, 0.5) is 5.69 Å². The van der Waals surface area contributed by atoms with E-state index in [1.54, 1.807) is 6.92 Å². The largest absolute Gasteiger partial charge is 0.394 e. The van der Waals surface area contributed by atoms with Gasteiger partial charge in [-0.2, -0.15) is 0 Å². The van der Waals surface area contributed by atoms with Crippen molar-refractivity contribution in [2.24, 2.45) is 0 Å². The van der Waals surface area contributed by atoms with Gasteiger partial charge in [0.15, 0.2) is 5.78 Å². The minimum Gasteiger partial charge on any atom is -0.394 e. The Labute approximate surface area is 69.4 Å². The van der Waals surface area contributed by atoms with Crippen LogP contribution in [0, 0.1) is 6.92 Å². The first-order chi connectivity index (χ1) is 5.52. The molecule has 1 heterocycles.